The first-order chi connectivity index (χ1) is 13.2. The van der Waals surface area contributed by atoms with Crippen molar-refractivity contribution < 1.29 is 9.53 Å². The summed E-state index contributed by atoms with van der Waals surface area (Å²) in [6.45, 7) is 4.31. The molecule has 0 aliphatic carbocycles. The third-order valence-corrected chi connectivity index (χ3v) is 5.55. The van der Waals surface area contributed by atoms with Crippen LogP contribution in [0.4, 0.5) is 11.4 Å². The molecule has 4 heteroatoms. The lowest BCUT2D eigenvalue weighted by Gasteiger charge is -2.33. The smallest absolute Gasteiger partial charge is 0.224 e. The molecule has 1 aliphatic heterocycles. The number of carbonyl (C=O) groups is 1. The lowest BCUT2D eigenvalue weighted by Crippen LogP contribution is -2.36. The maximum absolute atomic E-state index is 12.1. The highest BCUT2D eigenvalue weighted by Crippen LogP contribution is 2.23. The van der Waals surface area contributed by atoms with Crippen molar-refractivity contribution >= 4 is 17.3 Å². The van der Waals surface area contributed by atoms with Crippen molar-refractivity contribution in [2.24, 2.45) is 0 Å². The molecule has 1 aliphatic rings. The second-order valence-electron chi connectivity index (χ2n) is 7.74. The first-order valence-electron chi connectivity index (χ1n) is 10.9. The van der Waals surface area contributed by atoms with Gasteiger partial charge in [-0.3, -0.25) is 4.79 Å². The molecule has 0 saturated carbocycles. The van der Waals surface area contributed by atoms with E-state index in [1.165, 1.54) is 44.2 Å². The molecule has 0 atom stereocenters. The van der Waals surface area contributed by atoms with Crippen LogP contribution in [-0.2, 0) is 9.53 Å². The molecule has 2 rings (SSSR count). The zero-order chi connectivity index (χ0) is 19.3. The molecule has 0 unspecified atom stereocenters. The van der Waals surface area contributed by atoms with Crippen LogP contribution in [0.25, 0.3) is 0 Å². The number of ether oxygens (including phenoxy) is 1. The highest BCUT2D eigenvalue weighted by molar-refractivity contribution is 5.90. The van der Waals surface area contributed by atoms with E-state index in [0.717, 1.165) is 44.5 Å². The summed E-state index contributed by atoms with van der Waals surface area (Å²) in [5, 5.41) is 3.03. The van der Waals surface area contributed by atoms with Crippen LogP contribution >= 0.6 is 0 Å². The molecule has 1 aromatic carbocycles. The van der Waals surface area contributed by atoms with Crippen LogP contribution in [0.2, 0.25) is 0 Å². The average Bonchev–Trinajstić information content (AvgIpc) is 2.70. The molecule has 1 N–H and O–H groups in total. The van der Waals surface area contributed by atoms with Gasteiger partial charge in [-0.1, -0.05) is 51.9 Å². The summed E-state index contributed by atoms with van der Waals surface area (Å²) in [4.78, 5) is 14.5. The molecule has 1 fully saturated rings. The van der Waals surface area contributed by atoms with Gasteiger partial charge < -0.3 is 15.0 Å². The summed E-state index contributed by atoms with van der Waals surface area (Å²) < 4.78 is 5.43. The molecule has 1 amide bonds. The Kier molecular flexibility index (Phi) is 10.3. The van der Waals surface area contributed by atoms with Gasteiger partial charge >= 0.3 is 0 Å². The molecule has 27 heavy (non-hydrogen) atoms. The van der Waals surface area contributed by atoms with Crippen molar-refractivity contribution in [3.63, 3.8) is 0 Å². The predicted molar refractivity (Wildman–Crippen MR) is 115 cm³/mol. The molecular formula is C23H38N2O2. The van der Waals surface area contributed by atoms with Gasteiger partial charge in [0.25, 0.3) is 0 Å². The lowest BCUT2D eigenvalue weighted by atomic mass is 10.1. The third kappa shape index (κ3) is 8.34. The first kappa shape index (κ1) is 21.7. The van der Waals surface area contributed by atoms with Crippen LogP contribution in [0.15, 0.2) is 24.3 Å². The number of rotatable bonds is 12. The molecule has 0 radical (unpaired) electrons. The Bertz CT molecular complexity index is 522. The van der Waals surface area contributed by atoms with Crippen LogP contribution < -0.4 is 10.2 Å². The van der Waals surface area contributed by atoms with Gasteiger partial charge in [0.2, 0.25) is 5.91 Å². The van der Waals surface area contributed by atoms with Gasteiger partial charge in [0.05, 0.1) is 6.10 Å². The van der Waals surface area contributed by atoms with E-state index in [-0.39, 0.29) is 5.91 Å². The van der Waals surface area contributed by atoms with E-state index in [1.807, 2.05) is 12.1 Å². The maximum atomic E-state index is 12.1. The minimum Gasteiger partial charge on any atom is -0.381 e. The second-order valence-corrected chi connectivity index (χ2v) is 7.74. The number of nitrogens with one attached hydrogen (secondary N) is 1. The number of unbranched alkanes of at least 4 members (excludes halogenated alkanes) is 7. The Morgan fingerprint density at radius 2 is 1.59 bits per heavy atom. The van der Waals surface area contributed by atoms with E-state index in [1.54, 1.807) is 7.11 Å². The number of amides is 1. The fourth-order valence-electron chi connectivity index (χ4n) is 3.75. The van der Waals surface area contributed by atoms with Crippen molar-refractivity contribution in [3.05, 3.63) is 24.3 Å². The number of methoxy groups -OCH3 is 1. The van der Waals surface area contributed by atoms with E-state index < -0.39 is 0 Å². The highest BCUT2D eigenvalue weighted by atomic mass is 16.5. The number of benzene rings is 1. The highest BCUT2D eigenvalue weighted by Gasteiger charge is 2.18. The number of hydrogen-bond acceptors (Lipinski definition) is 3. The van der Waals surface area contributed by atoms with Crippen LogP contribution in [0.5, 0.6) is 0 Å². The third-order valence-electron chi connectivity index (χ3n) is 5.55. The quantitative estimate of drug-likeness (QED) is 0.472. The minimum absolute atomic E-state index is 0.134. The van der Waals surface area contributed by atoms with E-state index in [2.05, 4.69) is 29.3 Å². The number of anilines is 2. The summed E-state index contributed by atoms with van der Waals surface area (Å²) in [5.74, 6) is 0.134. The van der Waals surface area contributed by atoms with Gasteiger partial charge in [0.15, 0.2) is 0 Å². The topological polar surface area (TPSA) is 41.6 Å². The number of nitrogens with zero attached hydrogens (tertiary/aromatic N) is 1. The SMILES string of the molecule is CCCCCCCCCCC(=O)Nc1ccc(N2CCC(OC)CC2)cc1. The molecule has 1 heterocycles. The van der Waals surface area contributed by atoms with Crippen molar-refractivity contribution in [2.45, 2.75) is 83.7 Å². The summed E-state index contributed by atoms with van der Waals surface area (Å²) >= 11 is 0. The zero-order valence-corrected chi connectivity index (χ0v) is 17.3. The molecule has 1 saturated heterocycles. The van der Waals surface area contributed by atoms with Crippen molar-refractivity contribution in [2.75, 3.05) is 30.4 Å². The predicted octanol–water partition coefficient (Wildman–Crippen LogP) is 5.77. The van der Waals surface area contributed by atoms with Gasteiger partial charge in [-0.15, -0.1) is 0 Å². The standard InChI is InChI=1S/C23H38N2O2/c1-3-4-5-6-7-8-9-10-11-23(26)24-20-12-14-21(15-13-20)25-18-16-22(27-2)17-19-25/h12-15,22H,3-11,16-19H2,1-2H3,(H,24,26). The second kappa shape index (κ2) is 12.8. The Labute approximate surface area is 165 Å². The molecule has 0 bridgehead atoms. The van der Waals surface area contributed by atoms with Crippen LogP contribution in [-0.4, -0.2) is 32.2 Å². The van der Waals surface area contributed by atoms with E-state index in [9.17, 15) is 4.79 Å². The fraction of sp³-hybridized carbons (Fsp3) is 0.696. The Morgan fingerprint density at radius 1 is 1.00 bits per heavy atom. The van der Waals surface area contributed by atoms with E-state index >= 15 is 0 Å². The Balaban J connectivity index is 1.61. The molecule has 152 valence electrons. The van der Waals surface area contributed by atoms with Gasteiger partial charge in [-0.25, -0.2) is 0 Å². The summed E-state index contributed by atoms with van der Waals surface area (Å²) in [6, 6.07) is 8.25. The van der Waals surface area contributed by atoms with Crippen molar-refractivity contribution in [3.8, 4) is 0 Å². The van der Waals surface area contributed by atoms with Gasteiger partial charge in [0.1, 0.15) is 0 Å². The fourth-order valence-corrected chi connectivity index (χ4v) is 3.75. The largest absolute Gasteiger partial charge is 0.381 e. The van der Waals surface area contributed by atoms with Crippen LogP contribution in [0.1, 0.15) is 77.6 Å². The molecule has 0 spiro atoms. The zero-order valence-electron chi connectivity index (χ0n) is 17.3. The Hall–Kier alpha value is -1.55. The van der Waals surface area contributed by atoms with Gasteiger partial charge in [-0.2, -0.15) is 0 Å². The van der Waals surface area contributed by atoms with Crippen LogP contribution in [0.3, 0.4) is 0 Å². The van der Waals surface area contributed by atoms with Crippen molar-refractivity contribution in [1.82, 2.24) is 0 Å². The molecular weight excluding hydrogens is 336 g/mol. The van der Waals surface area contributed by atoms with Crippen LogP contribution in [0, 0.1) is 0 Å². The summed E-state index contributed by atoms with van der Waals surface area (Å²) in [7, 11) is 1.80. The molecule has 4 nitrogen and oxygen atoms in total. The summed E-state index contributed by atoms with van der Waals surface area (Å²) in [6.07, 6.45) is 13.3. The van der Waals surface area contributed by atoms with Gasteiger partial charge in [0, 0.05) is 38.0 Å². The summed E-state index contributed by atoms with van der Waals surface area (Å²) in [5.41, 5.74) is 2.13. The first-order valence-corrected chi connectivity index (χ1v) is 10.9. The minimum atomic E-state index is 0.134. The van der Waals surface area contributed by atoms with Crippen molar-refractivity contribution in [1.29, 1.82) is 0 Å². The average molecular weight is 375 g/mol. The number of carbonyl (C=O) groups excluding carboxylic acids is 1. The molecule has 0 aromatic heterocycles. The van der Waals surface area contributed by atoms with E-state index in [0.29, 0.717) is 12.5 Å². The Morgan fingerprint density at radius 3 is 2.19 bits per heavy atom. The lowest BCUT2D eigenvalue weighted by molar-refractivity contribution is -0.116. The number of hydrogen-bond donors (Lipinski definition) is 1. The normalized spacial score (nSPS) is 15.1. The molecule has 1 aromatic rings. The number of piperidine rings is 1. The maximum Gasteiger partial charge on any atom is 0.224 e. The van der Waals surface area contributed by atoms with E-state index in [4.69, 9.17) is 4.74 Å². The van der Waals surface area contributed by atoms with Gasteiger partial charge in [-0.05, 0) is 43.5 Å². The monoisotopic (exact) mass is 374 g/mol.